The van der Waals surface area contributed by atoms with E-state index in [0.717, 1.165) is 29.0 Å². The van der Waals surface area contributed by atoms with Crippen molar-refractivity contribution in [3.05, 3.63) is 41.9 Å². The van der Waals surface area contributed by atoms with E-state index in [9.17, 15) is 9.59 Å². The molecule has 3 heterocycles. The molecule has 4 rings (SSSR count). The van der Waals surface area contributed by atoms with Crippen molar-refractivity contribution in [1.29, 1.82) is 0 Å². The van der Waals surface area contributed by atoms with Gasteiger partial charge in [-0.2, -0.15) is 0 Å². The first-order valence-electron chi connectivity index (χ1n) is 12.0. The molecule has 0 saturated carbocycles. The van der Waals surface area contributed by atoms with Crippen LogP contribution in [0.3, 0.4) is 0 Å². The normalized spacial score (nSPS) is 17.0. The number of H-pyrrole nitrogens is 1. The Labute approximate surface area is 204 Å². The van der Waals surface area contributed by atoms with Crippen molar-refractivity contribution in [2.45, 2.75) is 52.4 Å². The summed E-state index contributed by atoms with van der Waals surface area (Å²) in [4.78, 5) is 33.2. The summed E-state index contributed by atoms with van der Waals surface area (Å²) in [5.74, 6) is 1.31. The first-order valence-corrected chi connectivity index (χ1v) is 12.0. The number of rotatable bonds is 9. The average molecular weight is 481 g/mol. The topological polar surface area (TPSA) is 159 Å². The Morgan fingerprint density at radius 2 is 2.03 bits per heavy atom. The summed E-state index contributed by atoms with van der Waals surface area (Å²) >= 11 is 0. The van der Waals surface area contributed by atoms with Crippen molar-refractivity contribution in [3.8, 4) is 0 Å². The predicted octanol–water partition coefficient (Wildman–Crippen LogP) is 0.865. The Balaban J connectivity index is 1.60. The largest absolute Gasteiger partial charge is 0.385 e. The number of amidine groups is 1. The fourth-order valence-corrected chi connectivity index (χ4v) is 4.46. The number of carbonyl (C=O) groups excluding carboxylic acids is 2. The van der Waals surface area contributed by atoms with Gasteiger partial charge in [0, 0.05) is 24.4 Å². The molecule has 11 nitrogen and oxygen atoms in total. The van der Waals surface area contributed by atoms with Gasteiger partial charge >= 0.3 is 0 Å². The highest BCUT2D eigenvalue weighted by Crippen LogP contribution is 2.31. The summed E-state index contributed by atoms with van der Waals surface area (Å²) in [5, 5.41) is 9.14. The fourth-order valence-electron chi connectivity index (χ4n) is 4.46. The first-order chi connectivity index (χ1) is 16.8. The Kier molecular flexibility index (Phi) is 6.79. The number of imidazole rings is 1. The smallest absolute Gasteiger partial charge is 0.277 e. The van der Waals surface area contributed by atoms with Gasteiger partial charge in [0.25, 0.3) is 17.6 Å². The van der Waals surface area contributed by atoms with Crippen LogP contribution in [0.25, 0.3) is 11.0 Å². The van der Waals surface area contributed by atoms with Crippen molar-refractivity contribution in [2.24, 2.45) is 16.5 Å². The SMILES string of the molecule is CCn1c(CNC(=O)C2(C)Nc3cc[nH]c3N=C2N)[n+](CC)c2ccc(C(=O)NCCCN)cc21. The molecule has 0 radical (unpaired) electrons. The maximum atomic E-state index is 13.3. The van der Waals surface area contributed by atoms with Crippen LogP contribution in [-0.4, -0.2) is 45.8 Å². The van der Waals surface area contributed by atoms with Crippen LogP contribution < -0.4 is 32.0 Å². The lowest BCUT2D eigenvalue weighted by Gasteiger charge is -2.32. The lowest BCUT2D eigenvalue weighted by molar-refractivity contribution is -0.676. The molecule has 2 aromatic heterocycles. The number of benzene rings is 1. The number of aromatic nitrogens is 3. The minimum absolute atomic E-state index is 0.128. The summed E-state index contributed by atoms with van der Waals surface area (Å²) in [6.45, 7) is 8.57. The number of hydrogen-bond donors (Lipinski definition) is 6. The molecule has 0 saturated heterocycles. The predicted molar refractivity (Wildman–Crippen MR) is 135 cm³/mol. The number of nitrogens with two attached hydrogens (primary N) is 2. The van der Waals surface area contributed by atoms with Gasteiger partial charge < -0.3 is 32.4 Å². The third-order valence-corrected chi connectivity index (χ3v) is 6.46. The molecular weight excluding hydrogens is 446 g/mol. The molecule has 0 bridgehead atoms. The van der Waals surface area contributed by atoms with Crippen molar-refractivity contribution in [2.75, 3.05) is 18.4 Å². The monoisotopic (exact) mass is 480 g/mol. The van der Waals surface area contributed by atoms with Gasteiger partial charge in [-0.1, -0.05) is 0 Å². The summed E-state index contributed by atoms with van der Waals surface area (Å²) in [5.41, 5.74) is 13.8. The minimum Gasteiger partial charge on any atom is -0.385 e. The van der Waals surface area contributed by atoms with E-state index in [1.807, 2.05) is 31.2 Å². The average Bonchev–Trinajstić information content (AvgIpc) is 3.42. The number of hydrogen-bond acceptors (Lipinski definition) is 6. The molecule has 186 valence electrons. The number of aromatic amines is 1. The molecule has 8 N–H and O–H groups in total. The molecule has 1 unspecified atom stereocenters. The van der Waals surface area contributed by atoms with Crippen LogP contribution >= 0.6 is 0 Å². The second-order valence-electron chi connectivity index (χ2n) is 8.68. The lowest BCUT2D eigenvalue weighted by Crippen LogP contribution is -2.60. The second-order valence-corrected chi connectivity index (χ2v) is 8.68. The highest BCUT2D eigenvalue weighted by molar-refractivity contribution is 6.16. The van der Waals surface area contributed by atoms with Crippen molar-refractivity contribution >= 4 is 40.2 Å². The third kappa shape index (κ3) is 4.34. The Morgan fingerprint density at radius 3 is 2.74 bits per heavy atom. The summed E-state index contributed by atoms with van der Waals surface area (Å²) in [6, 6.07) is 7.50. The van der Waals surface area contributed by atoms with E-state index in [1.54, 1.807) is 13.1 Å². The first kappa shape index (κ1) is 24.3. The van der Waals surface area contributed by atoms with Crippen molar-refractivity contribution in [1.82, 2.24) is 20.2 Å². The van der Waals surface area contributed by atoms with Crippen LogP contribution in [0.15, 0.2) is 35.5 Å². The number of anilines is 1. The molecule has 0 spiro atoms. The van der Waals surface area contributed by atoms with Crippen molar-refractivity contribution in [3.63, 3.8) is 0 Å². The highest BCUT2D eigenvalue weighted by Gasteiger charge is 2.41. The van der Waals surface area contributed by atoms with Gasteiger partial charge in [-0.15, -0.1) is 0 Å². The summed E-state index contributed by atoms with van der Waals surface area (Å²) < 4.78 is 4.27. The number of nitrogens with one attached hydrogen (secondary N) is 4. The van der Waals surface area contributed by atoms with Gasteiger partial charge in [-0.25, -0.2) is 14.1 Å². The number of carbonyl (C=O) groups is 2. The fraction of sp³-hybridized carbons (Fsp3) is 0.417. The van der Waals surface area contributed by atoms with Gasteiger partial charge in [0.2, 0.25) is 0 Å². The highest BCUT2D eigenvalue weighted by atomic mass is 16.2. The van der Waals surface area contributed by atoms with E-state index in [-0.39, 0.29) is 24.2 Å². The molecule has 3 aromatic rings. The Morgan fingerprint density at radius 1 is 1.23 bits per heavy atom. The number of fused-ring (bicyclic) bond motifs is 2. The van der Waals surface area contributed by atoms with Gasteiger partial charge in [-0.05, 0) is 51.9 Å². The molecule has 1 atom stereocenters. The zero-order valence-electron chi connectivity index (χ0n) is 20.4. The van der Waals surface area contributed by atoms with Crippen LogP contribution in [0.5, 0.6) is 0 Å². The molecule has 1 aliphatic rings. The lowest BCUT2D eigenvalue weighted by atomic mass is 9.97. The van der Waals surface area contributed by atoms with Crippen LogP contribution in [0, 0.1) is 0 Å². The zero-order valence-corrected chi connectivity index (χ0v) is 20.4. The van der Waals surface area contributed by atoms with Gasteiger partial charge in [0.1, 0.15) is 12.4 Å². The number of aliphatic imine (C=N–C) groups is 1. The maximum absolute atomic E-state index is 13.3. The van der Waals surface area contributed by atoms with E-state index in [1.165, 1.54) is 0 Å². The Bertz CT molecular complexity index is 1290. The molecule has 2 amide bonds. The van der Waals surface area contributed by atoms with Gasteiger partial charge in [-0.3, -0.25) is 9.59 Å². The number of amides is 2. The molecule has 0 aliphatic carbocycles. The second kappa shape index (κ2) is 9.79. The molecule has 1 aromatic carbocycles. The zero-order chi connectivity index (χ0) is 25.2. The van der Waals surface area contributed by atoms with E-state index in [0.29, 0.717) is 37.6 Å². The van der Waals surface area contributed by atoms with Crippen LogP contribution in [0.4, 0.5) is 11.5 Å². The summed E-state index contributed by atoms with van der Waals surface area (Å²) in [7, 11) is 0. The van der Waals surface area contributed by atoms with Crippen molar-refractivity contribution < 1.29 is 14.2 Å². The molecule has 35 heavy (non-hydrogen) atoms. The van der Waals surface area contributed by atoms with Crippen LogP contribution in [-0.2, 0) is 24.4 Å². The quantitative estimate of drug-likeness (QED) is 0.198. The maximum Gasteiger partial charge on any atom is 0.277 e. The molecule has 0 fully saturated rings. The third-order valence-electron chi connectivity index (χ3n) is 6.46. The van der Waals surface area contributed by atoms with E-state index >= 15 is 0 Å². The Hall–Kier alpha value is -3.86. The van der Waals surface area contributed by atoms with Gasteiger partial charge in [0.05, 0.1) is 18.8 Å². The molecule has 11 heteroatoms. The standard InChI is InChI=1S/C24H33N9O2/c1-4-32-17-8-7-15(21(34)28-11-6-10-25)13-18(17)33(5-2)19(32)14-29-23(35)24(3)22(26)30-20-16(31-24)9-12-27-20/h7-9,12-13,27,31H,4-6,10-11,14,25H2,1-3H3,(H3-,26,28,29,30,34,35)/p+1. The van der Waals surface area contributed by atoms with Crippen LogP contribution in [0.2, 0.25) is 0 Å². The van der Waals surface area contributed by atoms with Gasteiger partial charge in [0.15, 0.2) is 22.4 Å². The van der Waals surface area contributed by atoms with Crippen LogP contribution in [0.1, 0.15) is 43.4 Å². The van der Waals surface area contributed by atoms with E-state index in [4.69, 9.17) is 11.5 Å². The number of nitrogens with zero attached hydrogens (tertiary/aromatic N) is 3. The van der Waals surface area contributed by atoms with E-state index in [2.05, 4.69) is 42.0 Å². The van der Waals surface area contributed by atoms with E-state index < -0.39 is 5.54 Å². The molecule has 1 aliphatic heterocycles. The molecular formula is C24H34N9O2+. The number of aryl methyl sites for hydroxylation is 2. The summed E-state index contributed by atoms with van der Waals surface area (Å²) in [6.07, 6.45) is 2.47. The minimum atomic E-state index is -1.18.